The van der Waals surface area contributed by atoms with Gasteiger partial charge in [0.05, 0.1) is 5.54 Å². The summed E-state index contributed by atoms with van der Waals surface area (Å²) in [5.41, 5.74) is -0.583. The highest BCUT2D eigenvalue weighted by Crippen LogP contribution is 2.26. The van der Waals surface area contributed by atoms with Crippen molar-refractivity contribution in [2.45, 2.75) is 45.6 Å². The van der Waals surface area contributed by atoms with Gasteiger partial charge in [-0.25, -0.2) is 0 Å². The number of halogens is 1. The van der Waals surface area contributed by atoms with Crippen LogP contribution in [0.25, 0.3) is 0 Å². The summed E-state index contributed by atoms with van der Waals surface area (Å²) in [5, 5.41) is 3.12. The molecule has 0 saturated carbocycles. The number of alkyl halides is 1. The molecule has 16 heavy (non-hydrogen) atoms. The molecule has 0 aromatic rings. The predicted molar refractivity (Wildman–Crippen MR) is 65.7 cm³/mol. The van der Waals surface area contributed by atoms with Crippen LogP contribution in [-0.2, 0) is 9.53 Å². The Bertz CT molecular complexity index is 247. The van der Waals surface area contributed by atoms with Crippen molar-refractivity contribution in [2.75, 3.05) is 19.1 Å². The molecule has 0 spiro atoms. The minimum Gasteiger partial charge on any atom is -0.381 e. The molecule has 4 heteroatoms. The average molecular weight is 248 g/mol. The van der Waals surface area contributed by atoms with Gasteiger partial charge in [0.1, 0.15) is 0 Å². The minimum absolute atomic E-state index is 0.0950. The molecule has 1 saturated heterocycles. The lowest BCUT2D eigenvalue weighted by molar-refractivity contribution is -0.132. The number of rotatable bonds is 4. The Morgan fingerprint density at radius 2 is 2.00 bits per heavy atom. The van der Waals surface area contributed by atoms with E-state index in [1.54, 1.807) is 0 Å². The average Bonchev–Trinajstić information content (AvgIpc) is 2.30. The Morgan fingerprint density at radius 3 is 2.44 bits per heavy atom. The highest BCUT2D eigenvalue weighted by molar-refractivity contribution is 6.18. The SMILES string of the molecule is CCC(C)(C)C(=O)NC1(CCl)CCOCC1. The maximum absolute atomic E-state index is 12.1. The van der Waals surface area contributed by atoms with Gasteiger partial charge in [0.15, 0.2) is 0 Å². The third-order valence-corrected chi connectivity index (χ3v) is 4.09. The van der Waals surface area contributed by atoms with Gasteiger partial charge >= 0.3 is 0 Å². The summed E-state index contributed by atoms with van der Waals surface area (Å²) < 4.78 is 5.31. The molecular weight excluding hydrogens is 226 g/mol. The van der Waals surface area contributed by atoms with Crippen molar-refractivity contribution < 1.29 is 9.53 Å². The number of carbonyl (C=O) groups excluding carboxylic acids is 1. The second-order valence-electron chi connectivity index (χ2n) is 5.22. The monoisotopic (exact) mass is 247 g/mol. The van der Waals surface area contributed by atoms with E-state index in [-0.39, 0.29) is 16.9 Å². The van der Waals surface area contributed by atoms with Crippen LogP contribution in [0.4, 0.5) is 0 Å². The summed E-state index contributed by atoms with van der Waals surface area (Å²) in [4.78, 5) is 12.1. The van der Waals surface area contributed by atoms with E-state index < -0.39 is 0 Å². The van der Waals surface area contributed by atoms with E-state index >= 15 is 0 Å². The van der Waals surface area contributed by atoms with Crippen molar-refractivity contribution in [1.82, 2.24) is 5.32 Å². The zero-order chi connectivity index (χ0) is 12.2. The molecule has 0 aromatic carbocycles. The lowest BCUT2D eigenvalue weighted by Crippen LogP contribution is -2.56. The first-order valence-electron chi connectivity index (χ1n) is 5.92. The Hall–Kier alpha value is -0.280. The largest absolute Gasteiger partial charge is 0.381 e. The normalized spacial score (nSPS) is 20.5. The molecule has 1 heterocycles. The van der Waals surface area contributed by atoms with Crippen LogP contribution in [0.1, 0.15) is 40.0 Å². The summed E-state index contributed by atoms with van der Waals surface area (Å²) in [6.07, 6.45) is 2.44. The zero-order valence-corrected chi connectivity index (χ0v) is 11.2. The number of ether oxygens (including phenoxy) is 1. The molecule has 1 aliphatic rings. The summed E-state index contributed by atoms with van der Waals surface area (Å²) >= 11 is 6.00. The Kier molecular flexibility index (Phi) is 4.62. The first-order chi connectivity index (χ1) is 7.46. The molecule has 3 nitrogen and oxygen atoms in total. The third-order valence-electron chi connectivity index (χ3n) is 3.58. The van der Waals surface area contributed by atoms with E-state index in [4.69, 9.17) is 16.3 Å². The number of nitrogens with one attached hydrogen (secondary N) is 1. The quantitative estimate of drug-likeness (QED) is 0.775. The maximum atomic E-state index is 12.1. The van der Waals surface area contributed by atoms with Gasteiger partial charge in [0.2, 0.25) is 5.91 Å². The molecule has 1 N–H and O–H groups in total. The molecule has 0 aromatic heterocycles. The van der Waals surface area contributed by atoms with Crippen molar-refractivity contribution in [3.8, 4) is 0 Å². The van der Waals surface area contributed by atoms with Crippen molar-refractivity contribution in [3.63, 3.8) is 0 Å². The van der Waals surface area contributed by atoms with Gasteiger partial charge in [0.25, 0.3) is 0 Å². The van der Waals surface area contributed by atoms with Crippen LogP contribution in [0.2, 0.25) is 0 Å². The molecular formula is C12H22ClNO2. The first kappa shape index (κ1) is 13.8. The van der Waals surface area contributed by atoms with Crippen molar-refractivity contribution >= 4 is 17.5 Å². The fourth-order valence-corrected chi connectivity index (χ4v) is 1.96. The first-order valence-corrected chi connectivity index (χ1v) is 6.45. The molecule has 94 valence electrons. The van der Waals surface area contributed by atoms with E-state index in [1.165, 1.54) is 0 Å². The van der Waals surface area contributed by atoms with Crippen LogP contribution in [0.5, 0.6) is 0 Å². The molecule has 0 radical (unpaired) electrons. The van der Waals surface area contributed by atoms with Crippen LogP contribution in [0, 0.1) is 5.41 Å². The molecule has 0 unspecified atom stereocenters. The highest BCUT2D eigenvalue weighted by atomic mass is 35.5. The van der Waals surface area contributed by atoms with Gasteiger partial charge in [-0.05, 0) is 19.3 Å². The lowest BCUT2D eigenvalue weighted by Gasteiger charge is -2.38. The van der Waals surface area contributed by atoms with E-state index in [0.29, 0.717) is 19.1 Å². The molecule has 1 fully saturated rings. The second kappa shape index (κ2) is 5.37. The van der Waals surface area contributed by atoms with E-state index in [1.807, 2.05) is 20.8 Å². The Morgan fingerprint density at radius 1 is 1.44 bits per heavy atom. The number of carbonyl (C=O) groups is 1. The summed E-state index contributed by atoms with van der Waals surface area (Å²) in [5.74, 6) is 0.555. The van der Waals surface area contributed by atoms with E-state index in [2.05, 4.69) is 5.32 Å². The Labute approximate surface area is 103 Å². The molecule has 0 aliphatic carbocycles. The molecule has 0 bridgehead atoms. The van der Waals surface area contributed by atoms with Crippen molar-refractivity contribution in [2.24, 2.45) is 5.41 Å². The zero-order valence-electron chi connectivity index (χ0n) is 10.4. The van der Waals surface area contributed by atoms with Gasteiger partial charge in [0, 0.05) is 24.5 Å². The van der Waals surface area contributed by atoms with Gasteiger partial charge in [-0.1, -0.05) is 20.8 Å². The number of amides is 1. The fourth-order valence-electron chi connectivity index (χ4n) is 1.62. The molecule has 0 atom stereocenters. The second-order valence-corrected chi connectivity index (χ2v) is 5.49. The summed E-state index contributed by atoms with van der Waals surface area (Å²) in [6.45, 7) is 7.31. The van der Waals surface area contributed by atoms with E-state index in [9.17, 15) is 4.79 Å². The van der Waals surface area contributed by atoms with Gasteiger partial charge in [-0.15, -0.1) is 11.6 Å². The van der Waals surface area contributed by atoms with Crippen LogP contribution in [0.15, 0.2) is 0 Å². The standard InChI is InChI=1S/C12H22ClNO2/c1-4-11(2,3)10(15)14-12(9-13)5-7-16-8-6-12/h4-9H2,1-3H3,(H,14,15). The molecule has 1 rings (SSSR count). The third kappa shape index (κ3) is 3.11. The van der Waals surface area contributed by atoms with Gasteiger partial charge in [-0.3, -0.25) is 4.79 Å². The van der Waals surface area contributed by atoms with Crippen LogP contribution >= 0.6 is 11.6 Å². The van der Waals surface area contributed by atoms with Gasteiger partial charge in [-0.2, -0.15) is 0 Å². The molecule has 1 amide bonds. The lowest BCUT2D eigenvalue weighted by atomic mass is 9.85. The summed E-state index contributed by atoms with van der Waals surface area (Å²) in [7, 11) is 0. The maximum Gasteiger partial charge on any atom is 0.226 e. The fraction of sp³-hybridized carbons (Fsp3) is 0.917. The minimum atomic E-state index is -0.322. The van der Waals surface area contributed by atoms with Crippen LogP contribution < -0.4 is 5.32 Å². The smallest absolute Gasteiger partial charge is 0.226 e. The van der Waals surface area contributed by atoms with Crippen molar-refractivity contribution in [3.05, 3.63) is 0 Å². The van der Waals surface area contributed by atoms with Gasteiger partial charge < -0.3 is 10.1 Å². The summed E-state index contributed by atoms with van der Waals surface area (Å²) in [6, 6.07) is 0. The highest BCUT2D eigenvalue weighted by Gasteiger charge is 2.37. The number of hydrogen-bond donors (Lipinski definition) is 1. The topological polar surface area (TPSA) is 38.3 Å². The molecule has 1 aliphatic heterocycles. The predicted octanol–water partition coefficient (Wildman–Crippen LogP) is 2.33. The van der Waals surface area contributed by atoms with Crippen molar-refractivity contribution in [1.29, 1.82) is 0 Å². The van der Waals surface area contributed by atoms with E-state index in [0.717, 1.165) is 19.3 Å². The van der Waals surface area contributed by atoms with Crippen LogP contribution in [0.3, 0.4) is 0 Å². The Balaban J connectivity index is 2.66. The number of hydrogen-bond acceptors (Lipinski definition) is 2. The van der Waals surface area contributed by atoms with Crippen LogP contribution in [-0.4, -0.2) is 30.5 Å².